The third-order valence-electron chi connectivity index (χ3n) is 4.07. The van der Waals surface area contributed by atoms with E-state index in [-0.39, 0.29) is 23.5 Å². The van der Waals surface area contributed by atoms with Crippen LogP contribution in [0.1, 0.15) is 36.7 Å². The fourth-order valence-corrected chi connectivity index (χ4v) is 4.46. The zero-order chi connectivity index (χ0) is 15.7. The molecule has 1 amide bonds. The molecule has 1 saturated heterocycles. The second-order valence-electron chi connectivity index (χ2n) is 5.86. The van der Waals surface area contributed by atoms with E-state index in [1.165, 1.54) is 6.33 Å². The molecule has 0 bridgehead atoms. The van der Waals surface area contributed by atoms with Gasteiger partial charge in [-0.2, -0.15) is 0 Å². The molecule has 0 spiro atoms. The molecular formula is C14H20N4O3S. The number of amides is 1. The Morgan fingerprint density at radius 1 is 1.36 bits per heavy atom. The summed E-state index contributed by atoms with van der Waals surface area (Å²) in [6.45, 7) is 2.32. The molecular weight excluding hydrogens is 304 g/mol. The van der Waals surface area contributed by atoms with Gasteiger partial charge in [0.2, 0.25) is 0 Å². The molecule has 120 valence electrons. The second kappa shape index (κ2) is 5.83. The van der Waals surface area contributed by atoms with Crippen LogP contribution in [-0.2, 0) is 9.84 Å². The topological polar surface area (TPSA) is 92.3 Å². The lowest BCUT2D eigenvalue weighted by atomic mass is 10.2. The van der Waals surface area contributed by atoms with Gasteiger partial charge >= 0.3 is 0 Å². The van der Waals surface area contributed by atoms with E-state index >= 15 is 0 Å². The Kier molecular flexibility index (Phi) is 4.03. The van der Waals surface area contributed by atoms with Crippen molar-refractivity contribution in [3.63, 3.8) is 0 Å². The molecule has 1 unspecified atom stereocenters. The van der Waals surface area contributed by atoms with Crippen molar-refractivity contribution in [1.82, 2.24) is 14.9 Å². The quantitative estimate of drug-likeness (QED) is 0.857. The summed E-state index contributed by atoms with van der Waals surface area (Å²) in [5, 5.41) is 3.23. The van der Waals surface area contributed by atoms with E-state index in [1.807, 2.05) is 6.92 Å². The van der Waals surface area contributed by atoms with Gasteiger partial charge in [0.1, 0.15) is 17.8 Å². The molecule has 2 aliphatic rings. The van der Waals surface area contributed by atoms with Crippen LogP contribution in [0.3, 0.4) is 0 Å². The fraction of sp³-hybridized carbons (Fsp3) is 0.643. The molecule has 2 fully saturated rings. The lowest BCUT2D eigenvalue weighted by molar-refractivity contribution is 0.0702. The number of carbonyl (C=O) groups is 1. The summed E-state index contributed by atoms with van der Waals surface area (Å²) < 4.78 is 23.3. The van der Waals surface area contributed by atoms with Gasteiger partial charge in [-0.1, -0.05) is 0 Å². The van der Waals surface area contributed by atoms with E-state index < -0.39 is 9.84 Å². The SMILES string of the molecule is CCN(C(=O)c1cc(NC2CC2)ncn1)C1CCS(=O)(=O)C1. The van der Waals surface area contributed by atoms with Crippen LogP contribution in [0, 0.1) is 0 Å². The number of anilines is 1. The minimum absolute atomic E-state index is 0.0465. The number of hydrogen-bond donors (Lipinski definition) is 1. The predicted octanol–water partition coefficient (Wildman–Crippen LogP) is 0.700. The monoisotopic (exact) mass is 324 g/mol. The first-order chi connectivity index (χ1) is 10.5. The molecule has 1 aromatic heterocycles. The number of nitrogens with zero attached hydrogens (tertiary/aromatic N) is 3. The summed E-state index contributed by atoms with van der Waals surface area (Å²) in [6, 6.07) is 1.84. The first kappa shape index (κ1) is 15.2. The maximum Gasteiger partial charge on any atom is 0.272 e. The normalized spacial score (nSPS) is 23.2. The number of rotatable bonds is 5. The maximum atomic E-state index is 12.6. The third kappa shape index (κ3) is 3.37. The Hall–Kier alpha value is -1.70. The highest BCUT2D eigenvalue weighted by Gasteiger charge is 2.34. The van der Waals surface area contributed by atoms with Crippen LogP contribution in [0.2, 0.25) is 0 Å². The summed E-state index contributed by atoms with van der Waals surface area (Å²) >= 11 is 0. The molecule has 2 heterocycles. The summed E-state index contributed by atoms with van der Waals surface area (Å²) in [4.78, 5) is 22.4. The van der Waals surface area contributed by atoms with E-state index in [4.69, 9.17) is 0 Å². The van der Waals surface area contributed by atoms with E-state index in [0.29, 0.717) is 30.5 Å². The van der Waals surface area contributed by atoms with Crippen molar-refractivity contribution in [3.8, 4) is 0 Å². The Labute approximate surface area is 130 Å². The number of aromatic nitrogens is 2. The largest absolute Gasteiger partial charge is 0.367 e. The molecule has 8 heteroatoms. The van der Waals surface area contributed by atoms with Crippen molar-refractivity contribution in [1.29, 1.82) is 0 Å². The third-order valence-corrected chi connectivity index (χ3v) is 5.82. The number of hydrogen-bond acceptors (Lipinski definition) is 6. The predicted molar refractivity (Wildman–Crippen MR) is 82.4 cm³/mol. The smallest absolute Gasteiger partial charge is 0.272 e. The van der Waals surface area contributed by atoms with Gasteiger partial charge in [-0.25, -0.2) is 18.4 Å². The molecule has 1 aliphatic heterocycles. The van der Waals surface area contributed by atoms with Gasteiger partial charge in [0.25, 0.3) is 5.91 Å². The Balaban J connectivity index is 1.76. The number of carbonyl (C=O) groups excluding carboxylic acids is 1. The van der Waals surface area contributed by atoms with Crippen molar-refractivity contribution in [2.24, 2.45) is 0 Å². The van der Waals surface area contributed by atoms with Crippen LogP contribution in [0.25, 0.3) is 0 Å². The van der Waals surface area contributed by atoms with Crippen LogP contribution >= 0.6 is 0 Å². The molecule has 0 radical (unpaired) electrons. The van der Waals surface area contributed by atoms with E-state index in [2.05, 4.69) is 15.3 Å². The fourth-order valence-electron chi connectivity index (χ4n) is 2.73. The molecule has 1 N–H and O–H groups in total. The average Bonchev–Trinajstić information content (AvgIpc) is 3.22. The first-order valence-electron chi connectivity index (χ1n) is 7.58. The first-order valence-corrected chi connectivity index (χ1v) is 9.40. The maximum absolute atomic E-state index is 12.6. The van der Waals surface area contributed by atoms with Gasteiger partial charge < -0.3 is 10.2 Å². The van der Waals surface area contributed by atoms with Gasteiger partial charge in [0.05, 0.1) is 11.5 Å². The zero-order valence-electron chi connectivity index (χ0n) is 12.5. The van der Waals surface area contributed by atoms with Crippen molar-refractivity contribution in [2.75, 3.05) is 23.4 Å². The Bertz CT molecular complexity index is 672. The highest BCUT2D eigenvalue weighted by atomic mass is 32.2. The summed E-state index contributed by atoms with van der Waals surface area (Å²) in [5.74, 6) is 0.617. The van der Waals surface area contributed by atoms with E-state index in [1.54, 1.807) is 11.0 Å². The highest BCUT2D eigenvalue weighted by molar-refractivity contribution is 7.91. The van der Waals surface area contributed by atoms with Crippen LogP contribution in [0.5, 0.6) is 0 Å². The summed E-state index contributed by atoms with van der Waals surface area (Å²) in [6.07, 6.45) is 4.11. The van der Waals surface area contributed by atoms with Crippen LogP contribution in [0.15, 0.2) is 12.4 Å². The molecule has 1 atom stereocenters. The number of sulfone groups is 1. The van der Waals surface area contributed by atoms with Gasteiger partial charge in [0.15, 0.2) is 9.84 Å². The standard InChI is InChI=1S/C14H20N4O3S/c1-2-18(11-5-6-22(20,21)8-11)14(19)12-7-13(16-9-15-12)17-10-3-4-10/h7,9-11H,2-6,8H2,1H3,(H,15,16,17). The average molecular weight is 324 g/mol. The van der Waals surface area contributed by atoms with Gasteiger partial charge in [0, 0.05) is 24.7 Å². The lowest BCUT2D eigenvalue weighted by Gasteiger charge is -2.26. The van der Waals surface area contributed by atoms with Crippen LogP contribution < -0.4 is 5.32 Å². The van der Waals surface area contributed by atoms with E-state index in [0.717, 1.165) is 12.8 Å². The lowest BCUT2D eigenvalue weighted by Crippen LogP contribution is -2.41. The summed E-state index contributed by atoms with van der Waals surface area (Å²) in [5.41, 5.74) is 0.310. The van der Waals surface area contributed by atoms with Gasteiger partial charge in [-0.3, -0.25) is 4.79 Å². The molecule has 1 aliphatic carbocycles. The highest BCUT2D eigenvalue weighted by Crippen LogP contribution is 2.24. The van der Waals surface area contributed by atoms with Crippen molar-refractivity contribution < 1.29 is 13.2 Å². The molecule has 22 heavy (non-hydrogen) atoms. The van der Waals surface area contributed by atoms with Crippen LogP contribution in [-0.4, -0.2) is 59.3 Å². The molecule has 1 saturated carbocycles. The van der Waals surface area contributed by atoms with Crippen molar-refractivity contribution in [2.45, 2.75) is 38.3 Å². The second-order valence-corrected chi connectivity index (χ2v) is 8.08. The van der Waals surface area contributed by atoms with Crippen LogP contribution in [0.4, 0.5) is 5.82 Å². The molecule has 3 rings (SSSR count). The Morgan fingerprint density at radius 2 is 2.14 bits per heavy atom. The molecule has 0 aromatic carbocycles. The Morgan fingerprint density at radius 3 is 2.73 bits per heavy atom. The van der Waals surface area contributed by atoms with Crippen molar-refractivity contribution in [3.05, 3.63) is 18.1 Å². The summed E-state index contributed by atoms with van der Waals surface area (Å²) in [7, 11) is -3.02. The van der Waals surface area contributed by atoms with Crippen molar-refractivity contribution >= 4 is 21.6 Å². The molecule has 1 aromatic rings. The zero-order valence-corrected chi connectivity index (χ0v) is 13.3. The minimum Gasteiger partial charge on any atom is -0.367 e. The van der Waals surface area contributed by atoms with E-state index in [9.17, 15) is 13.2 Å². The number of nitrogens with one attached hydrogen (secondary N) is 1. The van der Waals surface area contributed by atoms with Gasteiger partial charge in [-0.15, -0.1) is 0 Å². The minimum atomic E-state index is -3.02. The molecule has 7 nitrogen and oxygen atoms in total. The van der Waals surface area contributed by atoms with Gasteiger partial charge in [-0.05, 0) is 26.2 Å².